The van der Waals surface area contributed by atoms with Gasteiger partial charge in [0.1, 0.15) is 0 Å². The number of nitrogens with zero attached hydrogens (tertiary/aromatic N) is 1. The fourth-order valence-corrected chi connectivity index (χ4v) is 7.03. The number of carbonyl (C=O) groups is 1. The SMILES string of the molecule is O=C(c1ccc(OCCN2CCCCC2)cc1)c1[se]c2cc(O)ccc2c1-c1ccc(O)cc1. The molecule has 4 aromatic rings. The van der Waals surface area contributed by atoms with E-state index in [0.717, 1.165) is 50.6 Å². The minimum atomic E-state index is -0.234. The minimum absolute atomic E-state index is 0.0152. The van der Waals surface area contributed by atoms with Crippen molar-refractivity contribution in [3.63, 3.8) is 0 Å². The Morgan fingerprint density at radius 2 is 1.59 bits per heavy atom. The molecule has 0 bridgehead atoms. The summed E-state index contributed by atoms with van der Waals surface area (Å²) in [4.78, 5) is 16.0. The van der Waals surface area contributed by atoms with Crippen molar-refractivity contribution in [2.24, 2.45) is 0 Å². The van der Waals surface area contributed by atoms with Crippen LogP contribution in [0.2, 0.25) is 0 Å². The number of aromatic hydroxyl groups is 2. The fraction of sp³-hybridized carbons (Fsp3) is 0.250. The average molecular weight is 520 g/mol. The van der Waals surface area contributed by atoms with E-state index in [1.807, 2.05) is 42.5 Å². The monoisotopic (exact) mass is 521 g/mol. The van der Waals surface area contributed by atoms with E-state index in [9.17, 15) is 15.0 Å². The Balaban J connectivity index is 1.38. The summed E-state index contributed by atoms with van der Waals surface area (Å²) >= 11 is -0.234. The predicted octanol–water partition coefficient (Wildman–Crippen LogP) is 5.07. The summed E-state index contributed by atoms with van der Waals surface area (Å²) in [6, 6.07) is 19.6. The number of rotatable bonds is 7. The summed E-state index contributed by atoms with van der Waals surface area (Å²) in [5, 5.41) is 20.7. The second-order valence-corrected chi connectivity index (χ2v) is 10.8. The number of fused-ring (bicyclic) bond motifs is 1. The van der Waals surface area contributed by atoms with Gasteiger partial charge in [-0.1, -0.05) is 6.42 Å². The molecular formula is C28H27NO4Se. The molecule has 5 nitrogen and oxygen atoms in total. The van der Waals surface area contributed by atoms with Gasteiger partial charge >= 0.3 is 199 Å². The van der Waals surface area contributed by atoms with E-state index >= 15 is 0 Å². The number of hydrogen-bond acceptors (Lipinski definition) is 5. The second-order valence-electron chi connectivity index (χ2n) is 8.64. The summed E-state index contributed by atoms with van der Waals surface area (Å²) in [5.41, 5.74) is 2.38. The van der Waals surface area contributed by atoms with Gasteiger partial charge in [0.2, 0.25) is 0 Å². The van der Waals surface area contributed by atoms with Crippen molar-refractivity contribution in [3.05, 3.63) is 76.7 Å². The van der Waals surface area contributed by atoms with E-state index in [1.54, 1.807) is 24.3 Å². The average Bonchev–Trinajstić information content (AvgIpc) is 3.23. The van der Waals surface area contributed by atoms with Gasteiger partial charge in [0.05, 0.1) is 0 Å². The Morgan fingerprint density at radius 1 is 0.882 bits per heavy atom. The van der Waals surface area contributed by atoms with Gasteiger partial charge in [-0.25, -0.2) is 0 Å². The van der Waals surface area contributed by atoms with Crippen LogP contribution in [0.4, 0.5) is 0 Å². The van der Waals surface area contributed by atoms with Crippen molar-refractivity contribution in [2.75, 3.05) is 26.2 Å². The molecule has 2 heterocycles. The predicted molar refractivity (Wildman–Crippen MR) is 135 cm³/mol. The molecule has 1 saturated heterocycles. The molecule has 34 heavy (non-hydrogen) atoms. The van der Waals surface area contributed by atoms with Crippen molar-refractivity contribution in [3.8, 4) is 28.4 Å². The third kappa shape index (κ3) is 4.90. The first-order valence-corrected chi connectivity index (χ1v) is 13.3. The summed E-state index contributed by atoms with van der Waals surface area (Å²) in [6.07, 6.45) is 3.86. The molecular weight excluding hydrogens is 493 g/mol. The molecule has 0 aliphatic carbocycles. The zero-order valence-corrected chi connectivity index (χ0v) is 20.6. The van der Waals surface area contributed by atoms with Crippen molar-refractivity contribution in [1.29, 1.82) is 0 Å². The van der Waals surface area contributed by atoms with E-state index in [2.05, 4.69) is 4.90 Å². The van der Waals surface area contributed by atoms with Crippen LogP contribution in [0.3, 0.4) is 0 Å². The van der Waals surface area contributed by atoms with Crippen molar-refractivity contribution in [1.82, 2.24) is 4.90 Å². The Kier molecular flexibility index (Phi) is 6.72. The molecule has 0 spiro atoms. The summed E-state index contributed by atoms with van der Waals surface area (Å²) < 4.78 is 7.65. The van der Waals surface area contributed by atoms with Crippen LogP contribution in [0, 0.1) is 0 Å². The van der Waals surface area contributed by atoms with Crippen LogP contribution in [-0.4, -0.2) is 61.6 Å². The topological polar surface area (TPSA) is 70.0 Å². The molecule has 0 unspecified atom stereocenters. The van der Waals surface area contributed by atoms with E-state index in [0.29, 0.717) is 12.2 Å². The zero-order valence-electron chi connectivity index (χ0n) is 18.9. The summed E-state index contributed by atoms with van der Waals surface area (Å²) in [7, 11) is 0. The summed E-state index contributed by atoms with van der Waals surface area (Å²) in [5.74, 6) is 1.14. The standard InChI is InChI=1S/C28H27NO4Se/c30-21-8-4-19(5-9-21)26-24-13-10-22(31)18-25(24)34-28(26)27(32)20-6-11-23(12-7-20)33-17-16-29-14-2-1-3-15-29/h4-13,18,30-31H,1-3,14-17H2. The van der Waals surface area contributed by atoms with E-state index in [4.69, 9.17) is 4.74 Å². The molecule has 174 valence electrons. The van der Waals surface area contributed by atoms with Gasteiger partial charge in [-0.2, -0.15) is 0 Å². The number of benzene rings is 3. The fourth-order valence-electron chi connectivity index (χ4n) is 4.47. The molecule has 6 heteroatoms. The van der Waals surface area contributed by atoms with Gasteiger partial charge in [-0.05, 0) is 0 Å². The van der Waals surface area contributed by atoms with Gasteiger partial charge < -0.3 is 0 Å². The number of piperidine rings is 1. The molecule has 0 saturated carbocycles. The third-order valence-corrected chi connectivity index (χ3v) is 8.69. The van der Waals surface area contributed by atoms with Gasteiger partial charge in [0.15, 0.2) is 0 Å². The summed E-state index contributed by atoms with van der Waals surface area (Å²) in [6.45, 7) is 3.87. The molecule has 3 aromatic carbocycles. The van der Waals surface area contributed by atoms with Crippen LogP contribution < -0.4 is 4.74 Å². The number of hydrogen-bond donors (Lipinski definition) is 2. The number of likely N-dealkylation sites (tertiary alicyclic amines) is 1. The van der Waals surface area contributed by atoms with E-state index < -0.39 is 0 Å². The van der Waals surface area contributed by atoms with Gasteiger partial charge in [-0.15, -0.1) is 0 Å². The zero-order chi connectivity index (χ0) is 23.5. The van der Waals surface area contributed by atoms with Crippen LogP contribution in [0.1, 0.15) is 34.1 Å². The molecule has 1 aliphatic heterocycles. The van der Waals surface area contributed by atoms with Crippen LogP contribution >= 0.6 is 0 Å². The van der Waals surface area contributed by atoms with Crippen LogP contribution in [0.15, 0.2) is 66.7 Å². The number of ketones is 1. The van der Waals surface area contributed by atoms with Crippen LogP contribution in [0.25, 0.3) is 20.8 Å². The number of phenolic OH excluding ortho intramolecular Hbond substituents is 2. The molecule has 2 N–H and O–H groups in total. The van der Waals surface area contributed by atoms with E-state index in [-0.39, 0.29) is 31.8 Å². The van der Waals surface area contributed by atoms with Crippen molar-refractivity contribution < 1.29 is 19.7 Å². The maximum atomic E-state index is 13.6. The number of ether oxygens (including phenoxy) is 1. The Bertz CT molecular complexity index is 1290. The van der Waals surface area contributed by atoms with Crippen molar-refractivity contribution >= 4 is 29.9 Å². The van der Waals surface area contributed by atoms with Crippen molar-refractivity contribution in [2.45, 2.75) is 19.3 Å². The second kappa shape index (κ2) is 10.1. The first kappa shape index (κ1) is 22.7. The molecule has 5 rings (SSSR count). The molecule has 1 fully saturated rings. The van der Waals surface area contributed by atoms with Crippen LogP contribution in [-0.2, 0) is 0 Å². The van der Waals surface area contributed by atoms with E-state index in [1.165, 1.54) is 19.3 Å². The molecule has 1 aromatic heterocycles. The Morgan fingerprint density at radius 3 is 2.32 bits per heavy atom. The number of phenols is 2. The first-order chi connectivity index (χ1) is 16.6. The molecule has 1 aliphatic rings. The molecule has 0 atom stereocenters. The molecule has 0 radical (unpaired) electrons. The van der Waals surface area contributed by atoms with Crippen LogP contribution in [0.5, 0.6) is 17.2 Å². The third-order valence-electron chi connectivity index (χ3n) is 6.28. The Labute approximate surface area is 205 Å². The van der Waals surface area contributed by atoms with Gasteiger partial charge in [-0.3, -0.25) is 0 Å². The number of carbonyl (C=O) groups excluding carboxylic acids is 1. The Hall–Kier alpha value is -3.05. The maximum absolute atomic E-state index is 13.6. The quantitative estimate of drug-likeness (QED) is 0.263. The molecule has 0 amide bonds. The van der Waals surface area contributed by atoms with Gasteiger partial charge in [0.25, 0.3) is 0 Å². The normalized spacial score (nSPS) is 14.4. The first-order valence-electron chi connectivity index (χ1n) is 11.6. The van der Waals surface area contributed by atoms with Gasteiger partial charge in [0, 0.05) is 0 Å².